The van der Waals surface area contributed by atoms with Crippen molar-refractivity contribution in [2.45, 2.75) is 63.6 Å². The fraction of sp³-hybridized carbons (Fsp3) is 1.00. The van der Waals surface area contributed by atoms with Crippen LogP contribution in [0.15, 0.2) is 0 Å². The predicted molar refractivity (Wildman–Crippen MR) is 66.5 cm³/mol. The molecular weight excluding hydrogens is 200 g/mol. The maximum atomic E-state index is 6.05. The number of hydrogen-bond acceptors (Lipinski definition) is 3. The van der Waals surface area contributed by atoms with Gasteiger partial charge in [0.15, 0.2) is 0 Å². The molecule has 0 spiro atoms. The third-order valence-electron chi connectivity index (χ3n) is 4.06. The number of ether oxygens (including phenoxy) is 1. The standard InChI is InChI=1S/C13H26N2O/c1-2-3-7-16-8-6-15-12-4-5-13(15)10-11(14)9-12/h11-13H,2-10,14H2,1H3. The van der Waals surface area contributed by atoms with Gasteiger partial charge in [0.25, 0.3) is 0 Å². The van der Waals surface area contributed by atoms with Gasteiger partial charge in [-0.2, -0.15) is 0 Å². The van der Waals surface area contributed by atoms with Gasteiger partial charge in [-0.3, -0.25) is 4.90 Å². The first kappa shape index (κ1) is 12.3. The Kier molecular flexibility index (Phi) is 4.62. The lowest BCUT2D eigenvalue weighted by Gasteiger charge is -2.37. The molecule has 3 nitrogen and oxygen atoms in total. The molecule has 2 atom stereocenters. The lowest BCUT2D eigenvalue weighted by Crippen LogP contribution is -2.48. The third kappa shape index (κ3) is 2.96. The van der Waals surface area contributed by atoms with E-state index in [4.69, 9.17) is 10.5 Å². The lowest BCUT2D eigenvalue weighted by atomic mass is 9.98. The average molecular weight is 226 g/mol. The normalized spacial score (nSPS) is 34.5. The van der Waals surface area contributed by atoms with Gasteiger partial charge in [0, 0.05) is 31.3 Å². The molecule has 2 unspecified atom stereocenters. The molecule has 2 rings (SSSR count). The number of nitrogens with zero attached hydrogens (tertiary/aromatic N) is 1. The van der Waals surface area contributed by atoms with Crippen LogP contribution in [-0.2, 0) is 4.74 Å². The summed E-state index contributed by atoms with van der Waals surface area (Å²) in [5.74, 6) is 0. The highest BCUT2D eigenvalue weighted by atomic mass is 16.5. The minimum Gasteiger partial charge on any atom is -0.380 e. The van der Waals surface area contributed by atoms with Crippen molar-refractivity contribution >= 4 is 0 Å². The summed E-state index contributed by atoms with van der Waals surface area (Å²) in [4.78, 5) is 2.65. The summed E-state index contributed by atoms with van der Waals surface area (Å²) < 4.78 is 5.66. The van der Waals surface area contributed by atoms with E-state index in [2.05, 4.69) is 11.8 Å². The van der Waals surface area contributed by atoms with Crippen molar-refractivity contribution in [1.29, 1.82) is 0 Å². The van der Waals surface area contributed by atoms with Crippen molar-refractivity contribution < 1.29 is 4.74 Å². The van der Waals surface area contributed by atoms with Crippen molar-refractivity contribution in [2.75, 3.05) is 19.8 Å². The zero-order valence-electron chi connectivity index (χ0n) is 10.5. The van der Waals surface area contributed by atoms with E-state index < -0.39 is 0 Å². The Balaban J connectivity index is 1.66. The van der Waals surface area contributed by atoms with Gasteiger partial charge in [0.05, 0.1) is 6.61 Å². The van der Waals surface area contributed by atoms with Gasteiger partial charge >= 0.3 is 0 Å². The lowest BCUT2D eigenvalue weighted by molar-refractivity contribution is 0.0620. The molecule has 0 saturated carbocycles. The number of unbranched alkanes of at least 4 members (excludes halogenated alkanes) is 1. The first-order valence-electron chi connectivity index (χ1n) is 6.90. The topological polar surface area (TPSA) is 38.5 Å². The second-order valence-corrected chi connectivity index (χ2v) is 5.32. The SMILES string of the molecule is CCCCOCCN1C2CCC1CC(N)C2. The molecule has 0 radical (unpaired) electrons. The highest BCUT2D eigenvalue weighted by molar-refractivity contribution is 4.96. The minimum absolute atomic E-state index is 0.453. The van der Waals surface area contributed by atoms with Gasteiger partial charge in [0.2, 0.25) is 0 Å². The molecule has 94 valence electrons. The van der Waals surface area contributed by atoms with Crippen molar-refractivity contribution in [3.05, 3.63) is 0 Å². The van der Waals surface area contributed by atoms with Crippen LogP contribution in [0.3, 0.4) is 0 Å². The Labute approximate surface area is 99.3 Å². The maximum absolute atomic E-state index is 6.05. The van der Waals surface area contributed by atoms with E-state index in [0.29, 0.717) is 6.04 Å². The first-order valence-corrected chi connectivity index (χ1v) is 6.90. The number of piperidine rings is 1. The molecular formula is C13H26N2O. The van der Waals surface area contributed by atoms with Crippen LogP contribution in [0.5, 0.6) is 0 Å². The molecule has 2 aliphatic rings. The van der Waals surface area contributed by atoms with E-state index >= 15 is 0 Å². The summed E-state index contributed by atoms with van der Waals surface area (Å²) in [6.45, 7) is 5.16. The van der Waals surface area contributed by atoms with Gasteiger partial charge in [-0.15, -0.1) is 0 Å². The van der Waals surface area contributed by atoms with E-state index in [1.54, 1.807) is 0 Å². The van der Waals surface area contributed by atoms with Crippen LogP contribution >= 0.6 is 0 Å². The van der Waals surface area contributed by atoms with E-state index in [1.165, 1.54) is 38.5 Å². The van der Waals surface area contributed by atoms with Crippen LogP contribution in [-0.4, -0.2) is 42.8 Å². The van der Waals surface area contributed by atoms with Crippen molar-refractivity contribution in [3.8, 4) is 0 Å². The van der Waals surface area contributed by atoms with Gasteiger partial charge in [-0.1, -0.05) is 13.3 Å². The molecule has 3 heteroatoms. The molecule has 2 aliphatic heterocycles. The van der Waals surface area contributed by atoms with Gasteiger partial charge in [-0.25, -0.2) is 0 Å². The van der Waals surface area contributed by atoms with Crippen molar-refractivity contribution in [3.63, 3.8) is 0 Å². The van der Waals surface area contributed by atoms with Crippen LogP contribution in [0.4, 0.5) is 0 Å². The zero-order chi connectivity index (χ0) is 11.4. The van der Waals surface area contributed by atoms with Crippen LogP contribution in [0, 0.1) is 0 Å². The van der Waals surface area contributed by atoms with Gasteiger partial charge in [-0.05, 0) is 32.1 Å². The summed E-state index contributed by atoms with van der Waals surface area (Å²) in [6.07, 6.45) is 7.53. The summed E-state index contributed by atoms with van der Waals surface area (Å²) >= 11 is 0. The predicted octanol–water partition coefficient (Wildman–Crippen LogP) is 1.76. The molecule has 2 bridgehead atoms. The van der Waals surface area contributed by atoms with E-state index in [9.17, 15) is 0 Å². The molecule has 0 aromatic carbocycles. The Morgan fingerprint density at radius 3 is 2.50 bits per heavy atom. The molecule has 0 aliphatic carbocycles. The Morgan fingerprint density at radius 1 is 1.19 bits per heavy atom. The Bertz CT molecular complexity index is 196. The second-order valence-electron chi connectivity index (χ2n) is 5.32. The Morgan fingerprint density at radius 2 is 1.88 bits per heavy atom. The molecule has 0 amide bonds. The molecule has 0 aromatic rings. The molecule has 2 saturated heterocycles. The van der Waals surface area contributed by atoms with E-state index in [1.807, 2.05) is 0 Å². The quantitative estimate of drug-likeness (QED) is 0.701. The number of fused-ring (bicyclic) bond motifs is 2. The largest absolute Gasteiger partial charge is 0.380 e. The summed E-state index contributed by atoms with van der Waals surface area (Å²) in [5.41, 5.74) is 6.05. The Hall–Kier alpha value is -0.120. The number of hydrogen-bond donors (Lipinski definition) is 1. The monoisotopic (exact) mass is 226 g/mol. The highest BCUT2D eigenvalue weighted by Crippen LogP contribution is 2.34. The minimum atomic E-state index is 0.453. The van der Waals surface area contributed by atoms with E-state index in [-0.39, 0.29) is 0 Å². The second kappa shape index (κ2) is 5.99. The number of nitrogens with two attached hydrogens (primary N) is 1. The molecule has 16 heavy (non-hydrogen) atoms. The van der Waals surface area contributed by atoms with Gasteiger partial charge in [0.1, 0.15) is 0 Å². The molecule has 2 heterocycles. The first-order chi connectivity index (χ1) is 7.81. The molecule has 2 fully saturated rings. The van der Waals surface area contributed by atoms with Crippen molar-refractivity contribution in [1.82, 2.24) is 4.90 Å². The third-order valence-corrected chi connectivity index (χ3v) is 4.06. The highest BCUT2D eigenvalue weighted by Gasteiger charge is 2.38. The van der Waals surface area contributed by atoms with Crippen LogP contribution in [0.2, 0.25) is 0 Å². The van der Waals surface area contributed by atoms with Crippen molar-refractivity contribution in [2.24, 2.45) is 5.73 Å². The summed E-state index contributed by atoms with van der Waals surface area (Å²) in [6, 6.07) is 1.96. The fourth-order valence-corrected chi connectivity index (χ4v) is 3.20. The van der Waals surface area contributed by atoms with Crippen LogP contribution < -0.4 is 5.73 Å². The zero-order valence-corrected chi connectivity index (χ0v) is 10.5. The van der Waals surface area contributed by atoms with Gasteiger partial charge < -0.3 is 10.5 Å². The molecule has 0 aromatic heterocycles. The average Bonchev–Trinajstić information content (AvgIpc) is 2.51. The smallest absolute Gasteiger partial charge is 0.0593 e. The van der Waals surface area contributed by atoms with Crippen LogP contribution in [0.25, 0.3) is 0 Å². The maximum Gasteiger partial charge on any atom is 0.0593 e. The fourth-order valence-electron chi connectivity index (χ4n) is 3.20. The van der Waals surface area contributed by atoms with E-state index in [0.717, 1.165) is 31.8 Å². The number of rotatable bonds is 6. The van der Waals surface area contributed by atoms with Crippen LogP contribution in [0.1, 0.15) is 45.4 Å². The summed E-state index contributed by atoms with van der Waals surface area (Å²) in [7, 11) is 0. The summed E-state index contributed by atoms with van der Waals surface area (Å²) in [5, 5.41) is 0. The molecule has 2 N–H and O–H groups in total.